The van der Waals surface area contributed by atoms with E-state index in [2.05, 4.69) is 0 Å². The van der Waals surface area contributed by atoms with Crippen molar-refractivity contribution in [3.05, 3.63) is 70.6 Å². The van der Waals surface area contributed by atoms with Crippen molar-refractivity contribution in [2.45, 2.75) is 13.5 Å². The smallest absolute Gasteiger partial charge is 0.265 e. The van der Waals surface area contributed by atoms with Crippen molar-refractivity contribution in [3.8, 4) is 5.75 Å². The number of aromatic nitrogens is 1. The summed E-state index contributed by atoms with van der Waals surface area (Å²) in [4.78, 5) is 39.0. The van der Waals surface area contributed by atoms with E-state index in [4.69, 9.17) is 4.74 Å². The number of anilines is 1. The third-order valence-corrected chi connectivity index (χ3v) is 4.74. The van der Waals surface area contributed by atoms with Gasteiger partial charge >= 0.3 is 0 Å². The summed E-state index contributed by atoms with van der Waals surface area (Å²) in [6, 6.07) is 14.1. The summed E-state index contributed by atoms with van der Waals surface area (Å²) in [6.45, 7) is 2.30. The second kappa shape index (κ2) is 6.72. The summed E-state index contributed by atoms with van der Waals surface area (Å²) in [5.74, 6) is 0.237. The van der Waals surface area contributed by atoms with Crippen LogP contribution in [0.25, 0.3) is 10.8 Å². The SMILES string of the molecule is CCN1C(=O)COc2ccc(C(=O)Cn3ccc4ccccc4c3=O)cc21. The Labute approximate surface area is 155 Å². The minimum atomic E-state index is -0.204. The van der Waals surface area contributed by atoms with Crippen molar-refractivity contribution in [2.75, 3.05) is 18.1 Å². The van der Waals surface area contributed by atoms with E-state index in [1.165, 1.54) is 4.57 Å². The molecule has 27 heavy (non-hydrogen) atoms. The summed E-state index contributed by atoms with van der Waals surface area (Å²) in [6.07, 6.45) is 1.63. The van der Waals surface area contributed by atoms with E-state index in [1.807, 2.05) is 25.1 Å². The second-order valence-corrected chi connectivity index (χ2v) is 6.37. The first-order valence-corrected chi connectivity index (χ1v) is 8.77. The number of pyridine rings is 1. The maximum atomic E-state index is 12.8. The standard InChI is InChI=1S/C21H18N2O4/c1-2-23-17-11-15(7-8-19(17)27-13-20(23)25)18(24)12-22-10-9-14-5-3-4-6-16(14)21(22)26/h3-11H,2,12-13H2,1H3. The molecule has 0 atom stereocenters. The van der Waals surface area contributed by atoms with Gasteiger partial charge in [-0.1, -0.05) is 18.2 Å². The number of Topliss-reactive ketones (excluding diaryl/α,β-unsaturated/α-hetero) is 1. The third kappa shape index (κ3) is 2.99. The van der Waals surface area contributed by atoms with Gasteiger partial charge < -0.3 is 14.2 Å². The van der Waals surface area contributed by atoms with Crippen LogP contribution in [0.4, 0.5) is 5.69 Å². The number of ketones is 1. The molecule has 6 heteroatoms. The molecule has 4 rings (SSSR count). The lowest BCUT2D eigenvalue weighted by atomic mass is 10.1. The van der Waals surface area contributed by atoms with Crippen molar-refractivity contribution in [1.82, 2.24) is 4.57 Å². The van der Waals surface area contributed by atoms with E-state index in [1.54, 1.807) is 41.4 Å². The van der Waals surface area contributed by atoms with Crippen LogP contribution in [-0.4, -0.2) is 29.4 Å². The Bertz CT molecular complexity index is 1120. The van der Waals surface area contributed by atoms with Crippen molar-refractivity contribution in [3.63, 3.8) is 0 Å². The Balaban J connectivity index is 1.66. The molecule has 3 aromatic rings. The number of rotatable bonds is 4. The highest BCUT2D eigenvalue weighted by Crippen LogP contribution is 2.33. The number of likely N-dealkylation sites (N-methyl/N-ethyl adjacent to an activating group) is 1. The lowest BCUT2D eigenvalue weighted by Gasteiger charge is -2.28. The molecular formula is C21H18N2O4. The Kier molecular flexibility index (Phi) is 4.24. The van der Waals surface area contributed by atoms with Gasteiger partial charge in [-0.15, -0.1) is 0 Å². The summed E-state index contributed by atoms with van der Waals surface area (Å²) >= 11 is 0. The van der Waals surface area contributed by atoms with Crippen LogP contribution < -0.4 is 15.2 Å². The van der Waals surface area contributed by atoms with Gasteiger partial charge in [-0.3, -0.25) is 14.4 Å². The van der Waals surface area contributed by atoms with Gasteiger partial charge in [-0.2, -0.15) is 0 Å². The Morgan fingerprint density at radius 3 is 2.74 bits per heavy atom. The zero-order chi connectivity index (χ0) is 19.0. The molecular weight excluding hydrogens is 344 g/mol. The number of carbonyl (C=O) groups is 2. The van der Waals surface area contributed by atoms with Crippen LogP contribution in [0, 0.1) is 0 Å². The summed E-state index contributed by atoms with van der Waals surface area (Å²) in [5, 5.41) is 1.42. The van der Waals surface area contributed by atoms with Crippen molar-refractivity contribution >= 4 is 28.2 Å². The van der Waals surface area contributed by atoms with Gasteiger partial charge in [-0.05, 0) is 42.6 Å². The molecule has 136 valence electrons. The van der Waals surface area contributed by atoms with E-state index in [0.29, 0.717) is 28.9 Å². The summed E-state index contributed by atoms with van der Waals surface area (Å²) in [5.41, 5.74) is 0.823. The zero-order valence-corrected chi connectivity index (χ0v) is 14.8. The average Bonchev–Trinajstić information content (AvgIpc) is 2.69. The fourth-order valence-electron chi connectivity index (χ4n) is 3.32. The maximum absolute atomic E-state index is 12.8. The van der Waals surface area contributed by atoms with E-state index in [0.717, 1.165) is 5.39 Å². The minimum Gasteiger partial charge on any atom is -0.482 e. The Morgan fingerprint density at radius 1 is 1.11 bits per heavy atom. The van der Waals surface area contributed by atoms with E-state index < -0.39 is 0 Å². The third-order valence-electron chi connectivity index (χ3n) is 4.74. The van der Waals surface area contributed by atoms with Gasteiger partial charge in [0.25, 0.3) is 11.5 Å². The topological polar surface area (TPSA) is 68.6 Å². The Hall–Kier alpha value is -3.41. The van der Waals surface area contributed by atoms with Crippen LogP contribution in [0.15, 0.2) is 59.5 Å². The molecule has 2 heterocycles. The van der Waals surface area contributed by atoms with Crippen LogP contribution in [0.3, 0.4) is 0 Å². The van der Waals surface area contributed by atoms with Gasteiger partial charge in [0.1, 0.15) is 5.75 Å². The second-order valence-electron chi connectivity index (χ2n) is 6.37. The lowest BCUT2D eigenvalue weighted by molar-refractivity contribution is -0.121. The molecule has 0 fully saturated rings. The molecule has 0 saturated heterocycles. The quantitative estimate of drug-likeness (QED) is 0.669. The van der Waals surface area contributed by atoms with Gasteiger partial charge in [-0.25, -0.2) is 0 Å². The lowest BCUT2D eigenvalue weighted by Crippen LogP contribution is -2.38. The molecule has 0 radical (unpaired) electrons. The van der Waals surface area contributed by atoms with Gasteiger partial charge in [0.2, 0.25) is 0 Å². The Morgan fingerprint density at radius 2 is 1.93 bits per heavy atom. The number of ether oxygens (including phenoxy) is 1. The molecule has 2 aromatic carbocycles. The molecule has 1 aliphatic rings. The molecule has 6 nitrogen and oxygen atoms in total. The number of nitrogens with zero attached hydrogens (tertiary/aromatic N) is 2. The van der Waals surface area contributed by atoms with E-state index in [-0.39, 0.29) is 30.4 Å². The molecule has 1 aliphatic heterocycles. The number of hydrogen-bond acceptors (Lipinski definition) is 4. The maximum Gasteiger partial charge on any atom is 0.265 e. The van der Waals surface area contributed by atoms with Crippen molar-refractivity contribution in [1.29, 1.82) is 0 Å². The van der Waals surface area contributed by atoms with E-state index >= 15 is 0 Å². The van der Waals surface area contributed by atoms with Gasteiger partial charge in [0.15, 0.2) is 12.4 Å². The largest absolute Gasteiger partial charge is 0.482 e. The predicted octanol–water partition coefficient (Wildman–Crippen LogP) is 2.63. The summed E-state index contributed by atoms with van der Waals surface area (Å²) in [7, 11) is 0. The van der Waals surface area contributed by atoms with Crippen LogP contribution in [0.5, 0.6) is 5.75 Å². The number of benzene rings is 2. The first-order chi connectivity index (χ1) is 13.1. The van der Waals surface area contributed by atoms with E-state index in [9.17, 15) is 14.4 Å². The number of fused-ring (bicyclic) bond motifs is 2. The molecule has 1 amide bonds. The highest BCUT2D eigenvalue weighted by molar-refractivity contribution is 6.02. The van der Waals surface area contributed by atoms with Crippen LogP contribution >= 0.6 is 0 Å². The van der Waals surface area contributed by atoms with Crippen molar-refractivity contribution < 1.29 is 14.3 Å². The number of carbonyl (C=O) groups excluding carboxylic acids is 2. The monoisotopic (exact) mass is 362 g/mol. The number of amides is 1. The normalized spacial score (nSPS) is 13.4. The van der Waals surface area contributed by atoms with Crippen LogP contribution in [-0.2, 0) is 11.3 Å². The molecule has 0 N–H and O–H groups in total. The fraction of sp³-hybridized carbons (Fsp3) is 0.190. The molecule has 0 bridgehead atoms. The van der Waals surface area contributed by atoms with Crippen molar-refractivity contribution in [2.24, 2.45) is 0 Å². The van der Waals surface area contributed by atoms with Crippen LogP contribution in [0.1, 0.15) is 17.3 Å². The highest BCUT2D eigenvalue weighted by Gasteiger charge is 2.25. The molecule has 0 aliphatic carbocycles. The fourth-order valence-corrected chi connectivity index (χ4v) is 3.32. The first-order valence-electron chi connectivity index (χ1n) is 8.77. The predicted molar refractivity (Wildman–Crippen MR) is 103 cm³/mol. The number of hydrogen-bond donors (Lipinski definition) is 0. The molecule has 0 spiro atoms. The molecule has 0 saturated carbocycles. The van der Waals surface area contributed by atoms with Crippen LogP contribution in [0.2, 0.25) is 0 Å². The van der Waals surface area contributed by atoms with Gasteiger partial charge in [0, 0.05) is 23.7 Å². The minimum absolute atomic E-state index is 0.000611. The first kappa shape index (κ1) is 17.0. The molecule has 1 aromatic heterocycles. The summed E-state index contributed by atoms with van der Waals surface area (Å²) < 4.78 is 6.84. The van der Waals surface area contributed by atoms with Gasteiger partial charge in [0.05, 0.1) is 12.2 Å². The average molecular weight is 362 g/mol. The zero-order valence-electron chi connectivity index (χ0n) is 14.8. The molecule has 0 unspecified atom stereocenters. The highest BCUT2D eigenvalue weighted by atomic mass is 16.5.